The average Bonchev–Trinajstić information content (AvgIpc) is 3.09. The fourth-order valence-electron chi connectivity index (χ4n) is 3.13. The van der Waals surface area contributed by atoms with Crippen molar-refractivity contribution in [3.8, 4) is 11.4 Å². The van der Waals surface area contributed by atoms with Crippen molar-refractivity contribution in [1.29, 1.82) is 0 Å². The van der Waals surface area contributed by atoms with Crippen molar-refractivity contribution in [2.45, 2.75) is 13.0 Å². The van der Waals surface area contributed by atoms with Gasteiger partial charge in [0.25, 0.3) is 5.56 Å². The number of ether oxygens (including phenoxy) is 1. The number of pyridine rings is 1. The molecule has 6 heteroatoms. The Hall–Kier alpha value is -3.38. The van der Waals surface area contributed by atoms with E-state index in [1.54, 1.807) is 29.0 Å². The van der Waals surface area contributed by atoms with Crippen LogP contribution in [-0.4, -0.2) is 16.1 Å². The molecule has 2 aromatic carbocycles. The van der Waals surface area contributed by atoms with E-state index in [1.807, 2.05) is 18.2 Å². The van der Waals surface area contributed by atoms with Crippen LogP contribution in [0, 0.1) is 5.82 Å². The molecule has 142 valence electrons. The average molecular weight is 377 g/mol. The van der Waals surface area contributed by atoms with Gasteiger partial charge in [-0.3, -0.25) is 9.36 Å². The molecule has 0 saturated carbocycles. The van der Waals surface area contributed by atoms with Crippen LogP contribution in [0.15, 0.2) is 71.7 Å². The van der Waals surface area contributed by atoms with Gasteiger partial charge in [-0.05, 0) is 61.0 Å². The molecule has 2 aromatic heterocycles. The molecule has 4 rings (SSSR count). The number of H-pyrrole nitrogens is 1. The Morgan fingerprint density at radius 1 is 1.04 bits per heavy atom. The molecule has 0 radical (unpaired) electrons. The van der Waals surface area contributed by atoms with Gasteiger partial charge in [-0.25, -0.2) is 4.39 Å². The van der Waals surface area contributed by atoms with Gasteiger partial charge in [-0.2, -0.15) is 0 Å². The summed E-state index contributed by atoms with van der Waals surface area (Å²) in [6.45, 7) is 0.849. The summed E-state index contributed by atoms with van der Waals surface area (Å²) in [5.41, 5.74) is 9.12. The maximum Gasteiger partial charge on any atom is 0.258 e. The quantitative estimate of drug-likeness (QED) is 0.540. The molecule has 4 aromatic rings. The van der Waals surface area contributed by atoms with Gasteiger partial charge in [0, 0.05) is 34.5 Å². The highest BCUT2D eigenvalue weighted by Crippen LogP contribution is 2.20. The number of halogens is 1. The van der Waals surface area contributed by atoms with E-state index in [0.29, 0.717) is 12.3 Å². The number of aromatic amines is 1. The molecule has 0 atom stereocenters. The van der Waals surface area contributed by atoms with Crippen LogP contribution in [-0.2, 0) is 13.0 Å². The zero-order chi connectivity index (χ0) is 19.5. The van der Waals surface area contributed by atoms with E-state index < -0.39 is 0 Å². The van der Waals surface area contributed by atoms with Crippen molar-refractivity contribution in [3.63, 3.8) is 0 Å². The van der Waals surface area contributed by atoms with Gasteiger partial charge in [0.15, 0.2) is 0 Å². The molecular weight excluding hydrogens is 357 g/mol. The number of hydrogen-bond donors (Lipinski definition) is 2. The third-order valence-corrected chi connectivity index (χ3v) is 4.56. The van der Waals surface area contributed by atoms with E-state index >= 15 is 0 Å². The summed E-state index contributed by atoms with van der Waals surface area (Å²) in [4.78, 5) is 15.9. The lowest BCUT2D eigenvalue weighted by Gasteiger charge is -2.09. The molecule has 3 N–H and O–H groups in total. The number of hydrogen-bond acceptors (Lipinski definition) is 3. The maximum atomic E-state index is 13.0. The second-order valence-electron chi connectivity index (χ2n) is 6.59. The van der Waals surface area contributed by atoms with E-state index in [9.17, 15) is 9.18 Å². The van der Waals surface area contributed by atoms with Crippen LogP contribution in [0.25, 0.3) is 16.6 Å². The molecule has 0 aliphatic heterocycles. The van der Waals surface area contributed by atoms with Gasteiger partial charge in [-0.15, -0.1) is 0 Å². The Morgan fingerprint density at radius 3 is 2.61 bits per heavy atom. The smallest absolute Gasteiger partial charge is 0.258 e. The lowest BCUT2D eigenvalue weighted by molar-refractivity contribution is 0.305. The molecular formula is C22H20FN3O2. The largest absolute Gasteiger partial charge is 0.489 e. The van der Waals surface area contributed by atoms with Crippen molar-refractivity contribution < 1.29 is 9.13 Å². The Kier molecular flexibility index (Phi) is 4.95. The summed E-state index contributed by atoms with van der Waals surface area (Å²) in [6, 6.07) is 17.1. The lowest BCUT2D eigenvalue weighted by Crippen LogP contribution is -2.16. The van der Waals surface area contributed by atoms with Crippen molar-refractivity contribution in [1.82, 2.24) is 9.55 Å². The summed E-state index contributed by atoms with van der Waals surface area (Å²) < 4.78 is 20.2. The molecule has 0 unspecified atom stereocenters. The number of nitrogens with two attached hydrogens (primary N) is 1. The van der Waals surface area contributed by atoms with Crippen LogP contribution in [0.1, 0.15) is 11.3 Å². The zero-order valence-corrected chi connectivity index (χ0v) is 15.2. The minimum Gasteiger partial charge on any atom is -0.489 e. The fraction of sp³-hybridized carbons (Fsp3) is 0.136. The summed E-state index contributed by atoms with van der Waals surface area (Å²) in [5, 5.41) is 1.03. The van der Waals surface area contributed by atoms with Crippen LogP contribution in [0.4, 0.5) is 4.39 Å². The minimum absolute atomic E-state index is 0.186. The molecule has 0 aliphatic carbocycles. The van der Waals surface area contributed by atoms with E-state index in [4.69, 9.17) is 10.5 Å². The highest BCUT2D eigenvalue weighted by Gasteiger charge is 2.06. The molecule has 0 amide bonds. The number of benzene rings is 2. The molecule has 0 bridgehead atoms. The van der Waals surface area contributed by atoms with Gasteiger partial charge in [0.2, 0.25) is 0 Å². The van der Waals surface area contributed by atoms with Crippen LogP contribution in [0.2, 0.25) is 0 Å². The van der Waals surface area contributed by atoms with Crippen molar-refractivity contribution in [2.24, 2.45) is 5.73 Å². The van der Waals surface area contributed by atoms with E-state index in [1.165, 1.54) is 18.2 Å². The number of aromatic nitrogens is 2. The zero-order valence-electron chi connectivity index (χ0n) is 15.2. The first kappa shape index (κ1) is 18.0. The van der Waals surface area contributed by atoms with E-state index in [2.05, 4.69) is 11.1 Å². The first-order valence-corrected chi connectivity index (χ1v) is 9.04. The Morgan fingerprint density at radius 2 is 1.86 bits per heavy atom. The highest BCUT2D eigenvalue weighted by atomic mass is 19.1. The van der Waals surface area contributed by atoms with Gasteiger partial charge < -0.3 is 15.5 Å². The van der Waals surface area contributed by atoms with Crippen LogP contribution in [0.5, 0.6) is 5.75 Å². The van der Waals surface area contributed by atoms with E-state index in [0.717, 1.165) is 34.3 Å². The summed E-state index contributed by atoms with van der Waals surface area (Å²) in [6.07, 6.45) is 2.47. The highest BCUT2D eigenvalue weighted by molar-refractivity contribution is 5.82. The third kappa shape index (κ3) is 3.82. The minimum atomic E-state index is -0.291. The van der Waals surface area contributed by atoms with Gasteiger partial charge in [0.1, 0.15) is 18.2 Å². The van der Waals surface area contributed by atoms with Gasteiger partial charge in [-0.1, -0.05) is 12.1 Å². The topological polar surface area (TPSA) is 73.0 Å². The standard InChI is InChI=1S/C22H20FN3O2/c23-17-3-1-15(2-4-17)14-28-20-8-10-26(22(27)13-20)19-5-6-21-16(12-19)11-18(25-21)7-9-24/h1-6,8,10-13,25H,7,9,14,24H2. The van der Waals surface area contributed by atoms with Crippen molar-refractivity contribution >= 4 is 10.9 Å². The molecule has 0 spiro atoms. The van der Waals surface area contributed by atoms with Crippen molar-refractivity contribution in [2.75, 3.05) is 6.54 Å². The summed E-state index contributed by atoms with van der Waals surface area (Å²) in [7, 11) is 0. The second-order valence-corrected chi connectivity index (χ2v) is 6.59. The summed E-state index contributed by atoms with van der Waals surface area (Å²) >= 11 is 0. The number of fused-ring (bicyclic) bond motifs is 1. The number of nitrogens with zero attached hydrogens (tertiary/aromatic N) is 1. The third-order valence-electron chi connectivity index (χ3n) is 4.56. The first-order chi connectivity index (χ1) is 13.6. The molecule has 0 fully saturated rings. The predicted molar refractivity (Wildman–Crippen MR) is 107 cm³/mol. The predicted octanol–water partition coefficient (Wildman–Crippen LogP) is 3.54. The molecule has 5 nitrogen and oxygen atoms in total. The molecule has 0 saturated heterocycles. The SMILES string of the molecule is NCCc1cc2cc(-n3ccc(OCc4ccc(F)cc4)cc3=O)ccc2[nH]1. The van der Waals surface area contributed by atoms with Crippen molar-refractivity contribution in [3.05, 3.63) is 94.3 Å². The van der Waals surface area contributed by atoms with Crippen LogP contribution >= 0.6 is 0 Å². The summed E-state index contributed by atoms with van der Waals surface area (Å²) in [5.74, 6) is 0.180. The second kappa shape index (κ2) is 7.70. The molecule has 0 aliphatic rings. The normalized spacial score (nSPS) is 11.1. The monoisotopic (exact) mass is 377 g/mol. The lowest BCUT2D eigenvalue weighted by atomic mass is 10.2. The van der Waals surface area contributed by atoms with Gasteiger partial charge in [0.05, 0.1) is 0 Å². The van der Waals surface area contributed by atoms with E-state index in [-0.39, 0.29) is 18.0 Å². The Balaban J connectivity index is 1.54. The Bertz CT molecular complexity index is 1160. The Labute approximate surface area is 161 Å². The number of nitrogens with one attached hydrogen (secondary N) is 1. The number of rotatable bonds is 6. The fourth-order valence-corrected chi connectivity index (χ4v) is 3.13. The van der Waals surface area contributed by atoms with Crippen LogP contribution < -0.4 is 16.0 Å². The maximum absolute atomic E-state index is 13.0. The van der Waals surface area contributed by atoms with Gasteiger partial charge >= 0.3 is 0 Å². The molecule has 28 heavy (non-hydrogen) atoms. The molecule has 2 heterocycles. The van der Waals surface area contributed by atoms with Crippen LogP contribution in [0.3, 0.4) is 0 Å². The first-order valence-electron chi connectivity index (χ1n) is 9.04.